The first-order valence-electron chi connectivity index (χ1n) is 12.9. The number of carbonyl (C=O) groups is 3. The van der Waals surface area contributed by atoms with E-state index in [1.165, 1.54) is 4.90 Å². The number of nitrogens with zero attached hydrogens (tertiary/aromatic N) is 2. The Labute approximate surface area is 218 Å². The molecule has 37 heavy (non-hydrogen) atoms. The van der Waals surface area contributed by atoms with Crippen molar-refractivity contribution in [2.75, 3.05) is 13.2 Å². The van der Waals surface area contributed by atoms with E-state index in [0.717, 1.165) is 22.3 Å². The van der Waals surface area contributed by atoms with Crippen LogP contribution in [0.4, 0.5) is 9.59 Å². The van der Waals surface area contributed by atoms with Gasteiger partial charge in [0.15, 0.2) is 0 Å². The zero-order valence-corrected chi connectivity index (χ0v) is 22.1. The van der Waals surface area contributed by atoms with Gasteiger partial charge in [0.1, 0.15) is 18.2 Å². The summed E-state index contributed by atoms with van der Waals surface area (Å²) in [5.41, 5.74) is 3.74. The molecule has 0 aromatic heterocycles. The molecule has 2 aromatic rings. The monoisotopic (exact) mass is 508 g/mol. The maximum absolute atomic E-state index is 13.6. The molecule has 3 atom stereocenters. The third-order valence-corrected chi connectivity index (χ3v) is 7.25. The second-order valence-corrected chi connectivity index (χ2v) is 10.7. The van der Waals surface area contributed by atoms with Gasteiger partial charge in [0.2, 0.25) is 0 Å². The first-order chi connectivity index (χ1) is 17.5. The second-order valence-electron chi connectivity index (χ2n) is 10.7. The molecule has 1 fully saturated rings. The van der Waals surface area contributed by atoms with Gasteiger partial charge in [-0.1, -0.05) is 55.5 Å². The van der Waals surface area contributed by atoms with Crippen LogP contribution in [0.3, 0.4) is 0 Å². The van der Waals surface area contributed by atoms with Crippen LogP contribution in [-0.4, -0.2) is 69.9 Å². The largest absolute Gasteiger partial charge is 0.480 e. The van der Waals surface area contributed by atoms with Crippen LogP contribution in [0, 0.1) is 0 Å². The lowest BCUT2D eigenvalue weighted by Gasteiger charge is -2.36. The topological polar surface area (TPSA) is 96.4 Å². The number of rotatable bonds is 6. The number of carboxylic acid groups (broad SMARTS) is 1. The summed E-state index contributed by atoms with van der Waals surface area (Å²) < 4.78 is 11.4. The smallest absolute Gasteiger partial charge is 0.410 e. The summed E-state index contributed by atoms with van der Waals surface area (Å²) >= 11 is 0. The van der Waals surface area contributed by atoms with E-state index in [1.807, 2.05) is 43.3 Å². The van der Waals surface area contributed by atoms with E-state index in [2.05, 4.69) is 12.1 Å². The minimum Gasteiger partial charge on any atom is -0.480 e. The minimum absolute atomic E-state index is 0.0935. The number of hydrogen-bond donors (Lipinski definition) is 1. The Morgan fingerprint density at radius 1 is 1.05 bits per heavy atom. The standard InChI is InChI=1S/C29H36N2O6/c1-6-24(26(32)33)31(25-15-16-30(18(25)2)27(34)37-29(3,4)5)28(35)36-17-23-21-13-9-7-11-19(21)20-12-8-10-14-22(20)23/h7-14,18,23-25H,6,15-17H2,1-5H3,(H,32,33)/t18-,24?,25+/m0/s1. The number of carboxylic acids is 1. The Morgan fingerprint density at radius 2 is 1.62 bits per heavy atom. The van der Waals surface area contributed by atoms with Crippen molar-refractivity contribution in [2.45, 2.75) is 77.1 Å². The summed E-state index contributed by atoms with van der Waals surface area (Å²) in [5.74, 6) is -1.23. The highest BCUT2D eigenvalue weighted by Gasteiger charge is 2.45. The molecule has 1 aliphatic carbocycles. The van der Waals surface area contributed by atoms with E-state index >= 15 is 0 Å². The SMILES string of the molecule is CCC(C(=O)O)N(C(=O)OCC1c2ccccc2-c2ccccc21)[C@@H]1CCN(C(=O)OC(C)(C)C)[C@H]1C. The van der Waals surface area contributed by atoms with Crippen LogP contribution in [0.25, 0.3) is 11.1 Å². The summed E-state index contributed by atoms with van der Waals surface area (Å²) in [5, 5.41) is 9.95. The molecule has 0 bridgehead atoms. The van der Waals surface area contributed by atoms with Gasteiger partial charge in [-0.15, -0.1) is 0 Å². The lowest BCUT2D eigenvalue weighted by Crippen LogP contribution is -2.55. The summed E-state index contributed by atoms with van der Waals surface area (Å²) in [4.78, 5) is 41.4. The molecule has 4 rings (SSSR count). The minimum atomic E-state index is -1.10. The summed E-state index contributed by atoms with van der Waals surface area (Å²) in [7, 11) is 0. The quantitative estimate of drug-likeness (QED) is 0.554. The molecular weight excluding hydrogens is 472 g/mol. The van der Waals surface area contributed by atoms with Crippen molar-refractivity contribution in [1.29, 1.82) is 0 Å². The number of ether oxygens (including phenoxy) is 2. The van der Waals surface area contributed by atoms with Gasteiger partial charge < -0.3 is 19.5 Å². The second kappa shape index (κ2) is 10.4. The Hall–Kier alpha value is -3.55. The molecular formula is C29H36N2O6. The van der Waals surface area contributed by atoms with E-state index < -0.39 is 41.9 Å². The van der Waals surface area contributed by atoms with Crippen molar-refractivity contribution in [3.05, 3.63) is 59.7 Å². The number of amides is 2. The van der Waals surface area contributed by atoms with Crippen LogP contribution in [-0.2, 0) is 14.3 Å². The first-order valence-corrected chi connectivity index (χ1v) is 12.9. The molecule has 2 aromatic carbocycles. The van der Waals surface area contributed by atoms with Crippen LogP contribution in [0.5, 0.6) is 0 Å². The highest BCUT2D eigenvalue weighted by Crippen LogP contribution is 2.44. The molecule has 8 nitrogen and oxygen atoms in total. The van der Waals surface area contributed by atoms with E-state index in [4.69, 9.17) is 9.47 Å². The van der Waals surface area contributed by atoms with Crippen LogP contribution in [0.15, 0.2) is 48.5 Å². The summed E-state index contributed by atoms with van der Waals surface area (Å²) in [6.07, 6.45) is -0.499. The van der Waals surface area contributed by atoms with Crippen LogP contribution < -0.4 is 0 Å². The maximum atomic E-state index is 13.6. The molecule has 198 valence electrons. The van der Waals surface area contributed by atoms with Gasteiger partial charge in [-0.25, -0.2) is 14.4 Å². The number of likely N-dealkylation sites (tertiary alicyclic amines) is 1. The van der Waals surface area contributed by atoms with Gasteiger partial charge in [-0.3, -0.25) is 4.90 Å². The fourth-order valence-corrected chi connectivity index (χ4v) is 5.53. The lowest BCUT2D eigenvalue weighted by molar-refractivity contribution is -0.143. The van der Waals surface area contributed by atoms with Crippen molar-refractivity contribution < 1.29 is 29.0 Å². The fraction of sp³-hybridized carbons (Fsp3) is 0.483. The number of carbonyl (C=O) groups excluding carboxylic acids is 2. The highest BCUT2D eigenvalue weighted by atomic mass is 16.6. The molecule has 1 N–H and O–H groups in total. The number of fused-ring (bicyclic) bond motifs is 3. The molecule has 0 saturated carbocycles. The lowest BCUT2D eigenvalue weighted by atomic mass is 9.98. The van der Waals surface area contributed by atoms with Crippen LogP contribution in [0.1, 0.15) is 64.5 Å². The Morgan fingerprint density at radius 3 is 2.14 bits per heavy atom. The van der Waals surface area contributed by atoms with Crippen molar-refractivity contribution in [3.63, 3.8) is 0 Å². The van der Waals surface area contributed by atoms with Gasteiger partial charge in [-0.2, -0.15) is 0 Å². The van der Waals surface area contributed by atoms with Crippen LogP contribution >= 0.6 is 0 Å². The summed E-state index contributed by atoms with van der Waals surface area (Å²) in [6.45, 7) is 9.39. The highest BCUT2D eigenvalue weighted by molar-refractivity contribution is 5.81. The zero-order chi connectivity index (χ0) is 26.9. The average molecular weight is 509 g/mol. The Bertz CT molecular complexity index is 1130. The molecule has 2 amide bonds. The maximum Gasteiger partial charge on any atom is 0.410 e. The molecule has 2 aliphatic rings. The molecule has 1 heterocycles. The molecule has 1 aliphatic heterocycles. The van der Waals surface area contributed by atoms with Gasteiger partial charge in [-0.05, 0) is 62.8 Å². The van der Waals surface area contributed by atoms with Crippen LogP contribution in [0.2, 0.25) is 0 Å². The predicted octanol–water partition coefficient (Wildman–Crippen LogP) is 5.50. The van der Waals surface area contributed by atoms with Crippen molar-refractivity contribution in [2.24, 2.45) is 0 Å². The number of aliphatic carboxylic acids is 1. The third kappa shape index (κ3) is 5.29. The predicted molar refractivity (Wildman–Crippen MR) is 139 cm³/mol. The zero-order valence-electron chi connectivity index (χ0n) is 22.1. The first kappa shape index (κ1) is 26.5. The van der Waals surface area contributed by atoms with Gasteiger partial charge >= 0.3 is 18.2 Å². The molecule has 1 saturated heterocycles. The molecule has 0 radical (unpaired) electrons. The van der Waals surface area contributed by atoms with E-state index in [1.54, 1.807) is 32.6 Å². The molecule has 0 spiro atoms. The van der Waals surface area contributed by atoms with Crippen molar-refractivity contribution in [3.8, 4) is 11.1 Å². The number of benzene rings is 2. The van der Waals surface area contributed by atoms with E-state index in [0.29, 0.717) is 13.0 Å². The third-order valence-electron chi connectivity index (χ3n) is 7.25. The number of hydrogen-bond acceptors (Lipinski definition) is 5. The van der Waals surface area contributed by atoms with E-state index in [-0.39, 0.29) is 18.9 Å². The van der Waals surface area contributed by atoms with Gasteiger partial charge in [0.05, 0.1) is 12.1 Å². The Balaban J connectivity index is 1.55. The molecule has 1 unspecified atom stereocenters. The fourth-order valence-electron chi connectivity index (χ4n) is 5.53. The Kier molecular flexibility index (Phi) is 7.48. The van der Waals surface area contributed by atoms with Gasteiger partial charge in [0.25, 0.3) is 0 Å². The summed E-state index contributed by atoms with van der Waals surface area (Å²) in [6, 6.07) is 14.1. The normalized spacial score (nSPS) is 19.6. The van der Waals surface area contributed by atoms with E-state index in [9.17, 15) is 19.5 Å². The van der Waals surface area contributed by atoms with Crippen molar-refractivity contribution >= 4 is 18.2 Å². The average Bonchev–Trinajstić information content (AvgIpc) is 3.37. The molecule has 8 heteroatoms. The van der Waals surface area contributed by atoms with Gasteiger partial charge in [0, 0.05) is 12.5 Å². The van der Waals surface area contributed by atoms with Crippen molar-refractivity contribution in [1.82, 2.24) is 9.80 Å².